The Labute approximate surface area is 308 Å². The first-order valence-electron chi connectivity index (χ1n) is 17.9. The number of aromatic nitrogens is 5. The van der Waals surface area contributed by atoms with Crippen molar-refractivity contribution in [3.8, 4) is 40.3 Å². The van der Waals surface area contributed by atoms with Crippen LogP contribution in [-0.2, 0) is 5.41 Å². The van der Waals surface area contributed by atoms with E-state index in [4.69, 9.17) is 14.7 Å². The van der Waals surface area contributed by atoms with Crippen molar-refractivity contribution in [3.63, 3.8) is 0 Å². The van der Waals surface area contributed by atoms with Crippen LogP contribution in [0.3, 0.4) is 0 Å². The van der Waals surface area contributed by atoms with E-state index in [1.165, 1.54) is 5.39 Å². The number of pyridine rings is 3. The Balaban J connectivity index is 1.16. The number of benzene rings is 5. The van der Waals surface area contributed by atoms with Gasteiger partial charge in [-0.25, -0.2) is 0 Å². The summed E-state index contributed by atoms with van der Waals surface area (Å²) < 4.78 is 11.4. The molecule has 5 aromatic heterocycles. The van der Waals surface area contributed by atoms with Gasteiger partial charge in [-0.3, -0.25) is 15.0 Å². The SMILES string of the molecule is N#Cc1ccc2c(c1)c1ccccc1n2-c1cnc2c(c1)C1(c3ccccc3Oc3cc(-n4c5ccccc5c5ccncc54)ccc31)c1cccnc1-2. The molecule has 0 saturated heterocycles. The van der Waals surface area contributed by atoms with Crippen molar-refractivity contribution in [1.29, 1.82) is 5.26 Å². The summed E-state index contributed by atoms with van der Waals surface area (Å²) in [5.41, 5.74) is 11.9. The van der Waals surface area contributed by atoms with Gasteiger partial charge in [-0.15, -0.1) is 0 Å². The fourth-order valence-corrected chi connectivity index (χ4v) is 9.26. The molecule has 7 heteroatoms. The lowest BCUT2D eigenvalue weighted by molar-refractivity contribution is 0.436. The average molecular weight is 691 g/mol. The molecule has 0 amide bonds. The second kappa shape index (κ2) is 10.5. The van der Waals surface area contributed by atoms with E-state index < -0.39 is 5.41 Å². The molecule has 0 N–H and O–H groups in total. The topological polar surface area (TPSA) is 81.5 Å². The Kier molecular flexibility index (Phi) is 5.65. The first-order chi connectivity index (χ1) is 26.7. The van der Waals surface area contributed by atoms with Crippen molar-refractivity contribution < 1.29 is 4.74 Å². The summed E-state index contributed by atoms with van der Waals surface area (Å²) >= 11 is 0. The minimum atomic E-state index is -0.764. The molecule has 1 spiro atoms. The summed E-state index contributed by atoms with van der Waals surface area (Å²) in [5, 5.41) is 14.2. The third-order valence-electron chi connectivity index (χ3n) is 11.4. The Morgan fingerprint density at radius 1 is 0.500 bits per heavy atom. The van der Waals surface area contributed by atoms with Gasteiger partial charge in [-0.05, 0) is 66.2 Å². The largest absolute Gasteiger partial charge is 0.457 e. The number of fused-ring (bicyclic) bond motifs is 15. The van der Waals surface area contributed by atoms with Gasteiger partial charge in [0.15, 0.2) is 0 Å². The van der Waals surface area contributed by atoms with Crippen LogP contribution in [0.25, 0.3) is 66.4 Å². The number of rotatable bonds is 2. The lowest BCUT2D eigenvalue weighted by Gasteiger charge is -2.39. The highest BCUT2D eigenvalue weighted by atomic mass is 16.5. The highest BCUT2D eigenvalue weighted by Gasteiger charge is 2.52. The van der Waals surface area contributed by atoms with Crippen LogP contribution in [-0.4, -0.2) is 24.1 Å². The maximum absolute atomic E-state index is 9.76. The molecule has 5 aromatic carbocycles. The molecule has 54 heavy (non-hydrogen) atoms. The highest BCUT2D eigenvalue weighted by molar-refractivity contribution is 6.10. The van der Waals surface area contributed by atoms with E-state index in [1.807, 2.05) is 61.2 Å². The van der Waals surface area contributed by atoms with Gasteiger partial charge in [-0.2, -0.15) is 5.26 Å². The summed E-state index contributed by atoms with van der Waals surface area (Å²) in [4.78, 5) is 14.7. The number of hydrogen-bond donors (Lipinski definition) is 0. The van der Waals surface area contributed by atoms with Crippen LogP contribution in [0.5, 0.6) is 11.5 Å². The first kappa shape index (κ1) is 29.1. The maximum atomic E-state index is 9.76. The summed E-state index contributed by atoms with van der Waals surface area (Å²) in [6.07, 6.45) is 7.59. The van der Waals surface area contributed by atoms with Crippen molar-refractivity contribution in [2.75, 3.05) is 0 Å². The number of hydrogen-bond acceptors (Lipinski definition) is 5. The van der Waals surface area contributed by atoms with Gasteiger partial charge >= 0.3 is 0 Å². The third kappa shape index (κ3) is 3.61. The average Bonchev–Trinajstić information content (AvgIpc) is 3.85. The molecule has 250 valence electrons. The van der Waals surface area contributed by atoms with E-state index in [1.54, 1.807) is 0 Å². The summed E-state index contributed by atoms with van der Waals surface area (Å²) in [6.45, 7) is 0. The van der Waals surface area contributed by atoms with Crippen LogP contribution in [0.1, 0.15) is 27.8 Å². The zero-order valence-corrected chi connectivity index (χ0v) is 28.6. The normalized spacial score (nSPS) is 15.2. The van der Waals surface area contributed by atoms with Gasteiger partial charge < -0.3 is 13.9 Å². The molecule has 7 nitrogen and oxygen atoms in total. The number of ether oxygens (including phenoxy) is 1. The molecule has 10 aromatic rings. The fraction of sp³-hybridized carbons (Fsp3) is 0.0213. The predicted octanol–water partition coefficient (Wildman–Crippen LogP) is 10.4. The molecule has 1 unspecified atom stereocenters. The molecule has 1 atom stereocenters. The Morgan fingerprint density at radius 2 is 1.20 bits per heavy atom. The van der Waals surface area contributed by atoms with Gasteiger partial charge in [0.05, 0.1) is 68.6 Å². The lowest BCUT2D eigenvalue weighted by atomic mass is 9.66. The van der Waals surface area contributed by atoms with E-state index in [0.29, 0.717) is 5.56 Å². The van der Waals surface area contributed by atoms with Crippen molar-refractivity contribution in [3.05, 3.63) is 186 Å². The highest BCUT2D eigenvalue weighted by Crippen LogP contribution is 2.61. The molecule has 1 aliphatic heterocycles. The van der Waals surface area contributed by atoms with Gasteiger partial charge in [0.2, 0.25) is 0 Å². The smallest absolute Gasteiger partial charge is 0.134 e. The van der Waals surface area contributed by atoms with Crippen LogP contribution >= 0.6 is 0 Å². The molecule has 0 fully saturated rings. The molecule has 6 heterocycles. The zero-order chi connectivity index (χ0) is 35.5. The Morgan fingerprint density at radius 3 is 2.07 bits per heavy atom. The second-order valence-electron chi connectivity index (χ2n) is 14.0. The van der Waals surface area contributed by atoms with E-state index in [0.717, 1.165) is 94.7 Å². The predicted molar refractivity (Wildman–Crippen MR) is 211 cm³/mol. The Hall–Kier alpha value is -7.56. The molecule has 2 aliphatic rings. The summed E-state index contributed by atoms with van der Waals surface area (Å²) in [6, 6.07) is 48.5. The summed E-state index contributed by atoms with van der Waals surface area (Å²) in [5.74, 6) is 1.56. The Bertz CT molecular complexity index is 3240. The standard InChI is InChI=1S/C47H26N6O/c48-25-28-15-18-41-34(22-28)32-9-2-5-13-40(32)53(41)30-23-38-46(51-26-30)45-37(11-7-20-50-45)47(38)35-10-3-6-14-43(35)54-44-24-29(16-17-36(44)47)52-39-12-4-1-8-31(39)33-19-21-49-27-42(33)52/h1-24,26-27H. The van der Waals surface area contributed by atoms with E-state index >= 15 is 0 Å². The maximum Gasteiger partial charge on any atom is 0.134 e. The molecular weight excluding hydrogens is 665 g/mol. The van der Waals surface area contributed by atoms with Gasteiger partial charge in [0.1, 0.15) is 11.5 Å². The minimum Gasteiger partial charge on any atom is -0.457 e. The van der Waals surface area contributed by atoms with Crippen LogP contribution in [0.2, 0.25) is 0 Å². The number of para-hydroxylation sites is 3. The number of nitrogens with zero attached hydrogens (tertiary/aromatic N) is 6. The lowest BCUT2D eigenvalue weighted by Crippen LogP contribution is -2.32. The van der Waals surface area contributed by atoms with Crippen LogP contribution in [0.4, 0.5) is 0 Å². The van der Waals surface area contributed by atoms with Gasteiger partial charge in [0, 0.05) is 62.4 Å². The molecule has 1 aliphatic carbocycles. The quantitative estimate of drug-likeness (QED) is 0.180. The van der Waals surface area contributed by atoms with Crippen molar-refractivity contribution in [2.45, 2.75) is 5.41 Å². The van der Waals surface area contributed by atoms with Crippen molar-refractivity contribution in [1.82, 2.24) is 24.1 Å². The fourth-order valence-electron chi connectivity index (χ4n) is 9.26. The molecule has 0 radical (unpaired) electrons. The minimum absolute atomic E-state index is 0.630. The van der Waals surface area contributed by atoms with Crippen molar-refractivity contribution in [2.24, 2.45) is 0 Å². The second-order valence-corrected chi connectivity index (χ2v) is 14.0. The summed E-state index contributed by atoms with van der Waals surface area (Å²) in [7, 11) is 0. The van der Waals surface area contributed by atoms with Crippen LogP contribution < -0.4 is 4.74 Å². The van der Waals surface area contributed by atoms with Crippen LogP contribution in [0, 0.1) is 11.3 Å². The van der Waals surface area contributed by atoms with E-state index in [9.17, 15) is 5.26 Å². The third-order valence-corrected chi connectivity index (χ3v) is 11.4. The number of nitriles is 1. The molecular formula is C47H26N6O. The molecule has 12 rings (SSSR count). The molecule has 0 bridgehead atoms. The first-order valence-corrected chi connectivity index (χ1v) is 17.9. The van der Waals surface area contributed by atoms with Crippen molar-refractivity contribution >= 4 is 43.6 Å². The zero-order valence-electron chi connectivity index (χ0n) is 28.6. The van der Waals surface area contributed by atoms with E-state index in [-0.39, 0.29) is 0 Å². The molecule has 0 saturated carbocycles. The van der Waals surface area contributed by atoms with Gasteiger partial charge in [-0.1, -0.05) is 66.7 Å². The monoisotopic (exact) mass is 690 g/mol. The van der Waals surface area contributed by atoms with Gasteiger partial charge in [0.25, 0.3) is 0 Å². The van der Waals surface area contributed by atoms with E-state index in [2.05, 4.69) is 117 Å². The van der Waals surface area contributed by atoms with Crippen LogP contribution in [0.15, 0.2) is 158 Å².